The molecule has 1 N–H and O–H groups in total. The highest BCUT2D eigenvalue weighted by molar-refractivity contribution is 5.84. The number of rotatable bonds is 3. The van der Waals surface area contributed by atoms with Gasteiger partial charge in [0.2, 0.25) is 5.91 Å². The number of amides is 1. The third-order valence-corrected chi connectivity index (χ3v) is 3.90. The molecule has 1 aliphatic rings. The number of carbonyl (C=O) groups excluding carboxylic acids is 1. The van der Waals surface area contributed by atoms with Crippen LogP contribution in [0.3, 0.4) is 0 Å². The van der Waals surface area contributed by atoms with Crippen LogP contribution in [0.5, 0.6) is 0 Å². The molecule has 2 rings (SSSR count). The smallest absolute Gasteiger partial charge is 0.230 e. The second-order valence-corrected chi connectivity index (χ2v) is 5.81. The van der Waals surface area contributed by atoms with Gasteiger partial charge in [0.05, 0.1) is 5.92 Å². The van der Waals surface area contributed by atoms with Crippen LogP contribution < -0.4 is 5.32 Å². The molecule has 3 nitrogen and oxygen atoms in total. The predicted octanol–water partition coefficient (Wildman–Crippen LogP) is 2.31. The van der Waals surface area contributed by atoms with Crippen LogP contribution in [0.2, 0.25) is 0 Å². The number of aryl methyl sites for hydroxylation is 1. The molecule has 4 heteroatoms. The largest absolute Gasteiger partial charge is 0.340 e. The molecule has 110 valence electrons. The minimum Gasteiger partial charge on any atom is -0.340 e. The van der Waals surface area contributed by atoms with Gasteiger partial charge in [0.25, 0.3) is 0 Å². The molecule has 1 amide bonds. The fraction of sp³-hybridized carbons (Fsp3) is 0.562. The first-order valence-corrected chi connectivity index (χ1v) is 7.26. The van der Waals surface area contributed by atoms with Gasteiger partial charge in [0.15, 0.2) is 0 Å². The number of piperazine rings is 1. The van der Waals surface area contributed by atoms with Crippen molar-refractivity contribution in [1.29, 1.82) is 0 Å². The molecule has 0 aliphatic carbocycles. The van der Waals surface area contributed by atoms with Crippen LogP contribution in [0.15, 0.2) is 18.2 Å². The molecular weight excluding hydrogens is 255 g/mol. The Morgan fingerprint density at radius 1 is 1.30 bits per heavy atom. The molecule has 0 spiro atoms. The Kier molecular flexibility index (Phi) is 4.76. The van der Waals surface area contributed by atoms with Crippen LogP contribution in [0.4, 0.5) is 4.39 Å². The zero-order valence-electron chi connectivity index (χ0n) is 12.4. The second-order valence-electron chi connectivity index (χ2n) is 5.81. The predicted molar refractivity (Wildman–Crippen MR) is 78.2 cm³/mol. The summed E-state index contributed by atoms with van der Waals surface area (Å²) in [5.41, 5.74) is 1.52. The second kappa shape index (κ2) is 6.35. The molecule has 1 unspecified atom stereocenters. The van der Waals surface area contributed by atoms with E-state index < -0.39 is 0 Å². The van der Waals surface area contributed by atoms with E-state index in [2.05, 4.69) is 5.32 Å². The van der Waals surface area contributed by atoms with E-state index in [4.69, 9.17) is 0 Å². The van der Waals surface area contributed by atoms with Crippen molar-refractivity contribution in [2.45, 2.75) is 26.7 Å². The van der Waals surface area contributed by atoms with Crippen molar-refractivity contribution in [3.8, 4) is 0 Å². The average molecular weight is 278 g/mol. The van der Waals surface area contributed by atoms with Crippen LogP contribution in [-0.4, -0.2) is 37.0 Å². The molecule has 0 aromatic heterocycles. The monoisotopic (exact) mass is 278 g/mol. The quantitative estimate of drug-likeness (QED) is 0.920. The van der Waals surface area contributed by atoms with E-state index in [1.165, 1.54) is 6.07 Å². The molecule has 0 saturated carbocycles. The Morgan fingerprint density at radius 3 is 2.50 bits per heavy atom. The number of hydrogen-bond donors (Lipinski definition) is 1. The highest BCUT2D eigenvalue weighted by atomic mass is 19.1. The summed E-state index contributed by atoms with van der Waals surface area (Å²) in [6.07, 6.45) is 0. The molecule has 1 fully saturated rings. The van der Waals surface area contributed by atoms with Gasteiger partial charge in [-0.3, -0.25) is 4.79 Å². The van der Waals surface area contributed by atoms with Crippen molar-refractivity contribution in [2.75, 3.05) is 26.2 Å². The minimum atomic E-state index is -0.217. The van der Waals surface area contributed by atoms with Gasteiger partial charge in [-0.2, -0.15) is 0 Å². The number of nitrogens with one attached hydrogen (secondary N) is 1. The van der Waals surface area contributed by atoms with Crippen LogP contribution in [0.1, 0.15) is 30.9 Å². The topological polar surface area (TPSA) is 32.3 Å². The highest BCUT2D eigenvalue weighted by Gasteiger charge is 2.29. The summed E-state index contributed by atoms with van der Waals surface area (Å²) in [5.74, 6) is -0.0481. The molecule has 0 bridgehead atoms. The highest BCUT2D eigenvalue weighted by Crippen LogP contribution is 2.28. The molecule has 1 heterocycles. The minimum absolute atomic E-state index is 0.160. The first-order chi connectivity index (χ1) is 9.50. The van der Waals surface area contributed by atoms with Crippen molar-refractivity contribution < 1.29 is 9.18 Å². The first kappa shape index (κ1) is 15.0. The van der Waals surface area contributed by atoms with Gasteiger partial charge in [-0.05, 0) is 30.0 Å². The number of benzene rings is 1. The summed E-state index contributed by atoms with van der Waals surface area (Å²) in [7, 11) is 0. The number of nitrogens with zero attached hydrogens (tertiary/aromatic N) is 1. The molecule has 1 saturated heterocycles. The van der Waals surface area contributed by atoms with E-state index in [-0.39, 0.29) is 23.6 Å². The van der Waals surface area contributed by atoms with Crippen LogP contribution in [-0.2, 0) is 4.79 Å². The summed E-state index contributed by atoms with van der Waals surface area (Å²) in [6, 6.07) is 5.01. The van der Waals surface area contributed by atoms with Gasteiger partial charge in [0, 0.05) is 26.2 Å². The lowest BCUT2D eigenvalue weighted by atomic mass is 9.86. The molecule has 1 aliphatic heterocycles. The summed E-state index contributed by atoms with van der Waals surface area (Å²) in [6.45, 7) is 9.03. The lowest BCUT2D eigenvalue weighted by molar-refractivity contribution is -0.134. The molecule has 1 aromatic rings. The lowest BCUT2D eigenvalue weighted by Gasteiger charge is -2.32. The van der Waals surface area contributed by atoms with Gasteiger partial charge >= 0.3 is 0 Å². The average Bonchev–Trinajstić information content (AvgIpc) is 2.43. The van der Waals surface area contributed by atoms with E-state index in [0.29, 0.717) is 5.56 Å². The maximum Gasteiger partial charge on any atom is 0.230 e. The Hall–Kier alpha value is -1.42. The number of halogens is 1. The molecule has 1 aromatic carbocycles. The van der Waals surface area contributed by atoms with E-state index in [0.717, 1.165) is 31.7 Å². The number of hydrogen-bond acceptors (Lipinski definition) is 2. The molecular formula is C16H23FN2O. The Labute approximate surface area is 120 Å². The summed E-state index contributed by atoms with van der Waals surface area (Å²) >= 11 is 0. The van der Waals surface area contributed by atoms with E-state index >= 15 is 0 Å². The zero-order chi connectivity index (χ0) is 14.7. The van der Waals surface area contributed by atoms with Gasteiger partial charge in [-0.15, -0.1) is 0 Å². The van der Waals surface area contributed by atoms with E-state index in [1.54, 1.807) is 19.1 Å². The van der Waals surface area contributed by atoms with Crippen LogP contribution in [0, 0.1) is 18.7 Å². The van der Waals surface area contributed by atoms with Crippen molar-refractivity contribution in [2.24, 2.45) is 5.92 Å². The maximum atomic E-state index is 13.4. The van der Waals surface area contributed by atoms with Gasteiger partial charge in [-0.25, -0.2) is 4.39 Å². The normalized spacial score (nSPS) is 17.4. The molecule has 20 heavy (non-hydrogen) atoms. The van der Waals surface area contributed by atoms with Crippen molar-refractivity contribution in [3.05, 3.63) is 35.1 Å². The molecule has 1 atom stereocenters. The van der Waals surface area contributed by atoms with Crippen LogP contribution in [0.25, 0.3) is 0 Å². The fourth-order valence-corrected chi connectivity index (χ4v) is 2.76. The summed E-state index contributed by atoms with van der Waals surface area (Å²) in [4.78, 5) is 14.7. The Balaban J connectivity index is 2.25. The standard InChI is InChI=1S/C16H23FN2O/c1-11(2)15(13-4-5-14(17)12(3)10-13)16(20)19-8-6-18-7-9-19/h4-5,10-11,15,18H,6-9H2,1-3H3. The van der Waals surface area contributed by atoms with Crippen LogP contribution >= 0.6 is 0 Å². The summed E-state index contributed by atoms with van der Waals surface area (Å²) < 4.78 is 13.4. The van der Waals surface area contributed by atoms with Gasteiger partial charge in [0.1, 0.15) is 5.82 Å². The fourth-order valence-electron chi connectivity index (χ4n) is 2.76. The maximum absolute atomic E-state index is 13.4. The lowest BCUT2D eigenvalue weighted by Crippen LogP contribution is -2.48. The Morgan fingerprint density at radius 2 is 1.95 bits per heavy atom. The van der Waals surface area contributed by atoms with E-state index in [9.17, 15) is 9.18 Å². The van der Waals surface area contributed by atoms with E-state index in [1.807, 2.05) is 18.7 Å². The SMILES string of the molecule is Cc1cc(C(C(=O)N2CCNCC2)C(C)C)ccc1F. The van der Waals surface area contributed by atoms with Gasteiger partial charge < -0.3 is 10.2 Å². The molecule has 0 radical (unpaired) electrons. The summed E-state index contributed by atoms with van der Waals surface area (Å²) in [5, 5.41) is 3.25. The van der Waals surface area contributed by atoms with Crippen molar-refractivity contribution >= 4 is 5.91 Å². The van der Waals surface area contributed by atoms with Gasteiger partial charge in [-0.1, -0.05) is 26.0 Å². The zero-order valence-corrected chi connectivity index (χ0v) is 12.4. The number of carbonyl (C=O) groups is 1. The Bertz CT molecular complexity index is 481. The first-order valence-electron chi connectivity index (χ1n) is 7.26. The van der Waals surface area contributed by atoms with Crippen molar-refractivity contribution in [1.82, 2.24) is 10.2 Å². The van der Waals surface area contributed by atoms with Crippen molar-refractivity contribution in [3.63, 3.8) is 0 Å². The third kappa shape index (κ3) is 3.18. The third-order valence-electron chi connectivity index (χ3n) is 3.90.